The van der Waals surface area contributed by atoms with E-state index in [0.29, 0.717) is 16.5 Å². The maximum Gasteiger partial charge on any atom is 0.254 e. The smallest absolute Gasteiger partial charge is 0.254 e. The molecular weight excluding hydrogens is 318 g/mol. The lowest BCUT2D eigenvalue weighted by Gasteiger charge is -2.39. The first kappa shape index (κ1) is 16.9. The average Bonchev–Trinajstić information content (AvgIpc) is 2.94. The van der Waals surface area contributed by atoms with Gasteiger partial charge in [0.2, 0.25) is 0 Å². The number of rotatable bonds is 4. The number of carbonyl (C=O) groups is 1. The predicted octanol–water partition coefficient (Wildman–Crippen LogP) is -0.928. The van der Waals surface area contributed by atoms with Crippen LogP contribution in [0.3, 0.4) is 0 Å². The van der Waals surface area contributed by atoms with Crippen molar-refractivity contribution in [2.45, 2.75) is 37.6 Å². The topological polar surface area (TPSA) is 121 Å². The summed E-state index contributed by atoms with van der Waals surface area (Å²) in [5.41, 5.74) is 1.02. The van der Waals surface area contributed by atoms with Gasteiger partial charge in [0.25, 0.3) is 6.29 Å². The van der Waals surface area contributed by atoms with Gasteiger partial charge in [-0.2, -0.15) is 4.73 Å². The Bertz CT molecular complexity index is 741. The molecule has 4 N–H and O–H groups in total. The zero-order valence-corrected chi connectivity index (χ0v) is 12.9. The van der Waals surface area contributed by atoms with Crippen LogP contribution in [0.15, 0.2) is 30.5 Å². The van der Waals surface area contributed by atoms with Crippen molar-refractivity contribution in [1.29, 1.82) is 0 Å². The Morgan fingerprint density at radius 1 is 1.21 bits per heavy atom. The maximum atomic E-state index is 11.8. The molecule has 1 aliphatic rings. The molecule has 1 aromatic carbocycles. The molecule has 0 amide bonds. The number of hydrogen-bond donors (Lipinski definition) is 4. The molecule has 0 radical (unpaired) electrons. The molecule has 2 heterocycles. The first-order valence-corrected chi connectivity index (χ1v) is 7.52. The Balaban J connectivity index is 1.93. The summed E-state index contributed by atoms with van der Waals surface area (Å²) in [5.74, 6) is -0.151. The Kier molecular flexibility index (Phi) is 4.57. The number of aliphatic hydroxyl groups is 4. The van der Waals surface area contributed by atoms with Gasteiger partial charge in [-0.15, -0.1) is 0 Å². The van der Waals surface area contributed by atoms with E-state index in [1.54, 1.807) is 24.3 Å². The molecule has 8 nitrogen and oxygen atoms in total. The summed E-state index contributed by atoms with van der Waals surface area (Å²) in [5, 5.41) is 39.5. The second-order valence-electron chi connectivity index (χ2n) is 5.74. The Hall–Kier alpha value is -1.97. The molecule has 1 aromatic heterocycles. The molecule has 2 aromatic rings. The van der Waals surface area contributed by atoms with Crippen LogP contribution >= 0.6 is 0 Å². The van der Waals surface area contributed by atoms with Gasteiger partial charge in [0.15, 0.2) is 5.78 Å². The highest BCUT2D eigenvalue weighted by Crippen LogP contribution is 2.24. The van der Waals surface area contributed by atoms with Crippen LogP contribution in [0, 0.1) is 0 Å². The van der Waals surface area contributed by atoms with Gasteiger partial charge in [-0.1, -0.05) is 18.2 Å². The van der Waals surface area contributed by atoms with E-state index >= 15 is 0 Å². The van der Waals surface area contributed by atoms with Crippen LogP contribution < -0.4 is 4.84 Å². The first-order chi connectivity index (χ1) is 11.4. The minimum Gasteiger partial charge on any atom is -0.394 e. The van der Waals surface area contributed by atoms with Crippen molar-refractivity contribution in [3.05, 3.63) is 36.0 Å². The lowest BCUT2D eigenvalue weighted by molar-refractivity contribution is -0.299. The Morgan fingerprint density at radius 3 is 2.58 bits per heavy atom. The SMILES string of the molecule is CC(=O)c1cn(O[C@@H]2O[C@H](CO)[C@@H](O)[C@H](O)[C@H]2O)c2ccccc12. The molecule has 1 saturated heterocycles. The predicted molar refractivity (Wildman–Crippen MR) is 82.3 cm³/mol. The van der Waals surface area contributed by atoms with Gasteiger partial charge >= 0.3 is 0 Å². The molecule has 3 rings (SSSR count). The highest BCUT2D eigenvalue weighted by atomic mass is 16.8. The number of hydrogen-bond acceptors (Lipinski definition) is 7. The van der Waals surface area contributed by atoms with Crippen LogP contribution in [0.1, 0.15) is 17.3 Å². The minimum absolute atomic E-state index is 0.151. The number of Topliss-reactive ketones (excluding diaryl/α,β-unsaturated/α-hetero) is 1. The van der Waals surface area contributed by atoms with Gasteiger partial charge in [-0.3, -0.25) is 4.79 Å². The van der Waals surface area contributed by atoms with Crippen molar-refractivity contribution in [3.8, 4) is 0 Å². The number of ether oxygens (including phenoxy) is 1. The van der Waals surface area contributed by atoms with Crippen LogP contribution in [-0.2, 0) is 4.74 Å². The largest absolute Gasteiger partial charge is 0.394 e. The van der Waals surface area contributed by atoms with Crippen LogP contribution in [0.25, 0.3) is 10.9 Å². The van der Waals surface area contributed by atoms with Crippen molar-refractivity contribution in [1.82, 2.24) is 4.73 Å². The summed E-state index contributed by atoms with van der Waals surface area (Å²) >= 11 is 0. The summed E-state index contributed by atoms with van der Waals surface area (Å²) in [6.07, 6.45) is -5.44. The van der Waals surface area contributed by atoms with E-state index in [2.05, 4.69) is 0 Å². The van der Waals surface area contributed by atoms with E-state index < -0.39 is 37.3 Å². The molecule has 0 spiro atoms. The molecule has 24 heavy (non-hydrogen) atoms. The molecule has 0 aliphatic carbocycles. The highest BCUT2D eigenvalue weighted by molar-refractivity contribution is 6.06. The van der Waals surface area contributed by atoms with Gasteiger partial charge in [-0.25, -0.2) is 0 Å². The highest BCUT2D eigenvalue weighted by Gasteiger charge is 2.45. The minimum atomic E-state index is -1.53. The lowest BCUT2D eigenvalue weighted by Crippen LogP contribution is -2.61. The molecule has 5 atom stereocenters. The summed E-state index contributed by atoms with van der Waals surface area (Å²) in [6, 6.07) is 7.04. The molecular formula is C16H19NO7. The van der Waals surface area contributed by atoms with Crippen molar-refractivity contribution in [3.63, 3.8) is 0 Å². The van der Waals surface area contributed by atoms with Crippen LogP contribution in [0.2, 0.25) is 0 Å². The molecule has 130 valence electrons. The summed E-state index contributed by atoms with van der Waals surface area (Å²) < 4.78 is 6.59. The number of para-hydroxylation sites is 1. The molecule has 8 heteroatoms. The number of aliphatic hydroxyl groups excluding tert-OH is 4. The lowest BCUT2D eigenvalue weighted by atomic mass is 9.99. The number of carbonyl (C=O) groups excluding carboxylic acids is 1. The quantitative estimate of drug-likeness (QED) is 0.532. The van der Waals surface area contributed by atoms with Crippen molar-refractivity contribution >= 4 is 16.7 Å². The van der Waals surface area contributed by atoms with Gasteiger partial charge < -0.3 is 30.0 Å². The summed E-state index contributed by atoms with van der Waals surface area (Å²) in [7, 11) is 0. The van der Waals surface area contributed by atoms with E-state index in [-0.39, 0.29) is 5.78 Å². The fourth-order valence-corrected chi connectivity index (χ4v) is 2.78. The van der Waals surface area contributed by atoms with Crippen LogP contribution in [-0.4, -0.2) is 68.3 Å². The van der Waals surface area contributed by atoms with Crippen LogP contribution in [0.5, 0.6) is 0 Å². The monoisotopic (exact) mass is 337 g/mol. The third-order valence-corrected chi connectivity index (χ3v) is 4.12. The van der Waals surface area contributed by atoms with E-state index in [1.807, 2.05) is 0 Å². The second kappa shape index (κ2) is 6.50. The number of fused-ring (bicyclic) bond motifs is 1. The fourth-order valence-electron chi connectivity index (χ4n) is 2.78. The van der Waals surface area contributed by atoms with E-state index in [9.17, 15) is 25.2 Å². The zero-order valence-electron chi connectivity index (χ0n) is 12.9. The zero-order chi connectivity index (χ0) is 17.4. The van der Waals surface area contributed by atoms with Gasteiger partial charge in [0, 0.05) is 10.9 Å². The Labute approximate surface area is 137 Å². The van der Waals surface area contributed by atoms with Gasteiger partial charge in [-0.05, 0) is 13.0 Å². The van der Waals surface area contributed by atoms with Crippen LogP contribution in [0.4, 0.5) is 0 Å². The maximum absolute atomic E-state index is 11.8. The third kappa shape index (κ3) is 2.79. The summed E-state index contributed by atoms with van der Waals surface area (Å²) in [4.78, 5) is 17.3. The summed E-state index contributed by atoms with van der Waals surface area (Å²) in [6.45, 7) is 0.885. The third-order valence-electron chi connectivity index (χ3n) is 4.12. The number of benzene rings is 1. The number of aromatic nitrogens is 1. The normalized spacial score (nSPS) is 30.5. The molecule has 0 bridgehead atoms. The Morgan fingerprint density at radius 2 is 1.92 bits per heavy atom. The van der Waals surface area contributed by atoms with E-state index in [4.69, 9.17) is 9.57 Å². The molecule has 0 unspecified atom stereocenters. The number of nitrogens with zero attached hydrogens (tertiary/aromatic N) is 1. The fraction of sp³-hybridized carbons (Fsp3) is 0.438. The van der Waals surface area contributed by atoms with E-state index in [1.165, 1.54) is 17.9 Å². The standard InChI is InChI=1S/C16H19NO7/c1-8(19)10-6-17(11-5-3-2-4-9(10)11)24-16-15(22)14(21)13(20)12(7-18)23-16/h2-6,12-16,18,20-22H,7H2,1H3/t12-,13-,14+,15-,16+/m1/s1. The first-order valence-electron chi connectivity index (χ1n) is 7.52. The van der Waals surface area contributed by atoms with E-state index in [0.717, 1.165) is 0 Å². The van der Waals surface area contributed by atoms with Gasteiger partial charge in [0.1, 0.15) is 24.4 Å². The average molecular weight is 337 g/mol. The van der Waals surface area contributed by atoms with Crippen molar-refractivity contribution < 1.29 is 34.8 Å². The number of ketones is 1. The molecule has 0 saturated carbocycles. The second-order valence-corrected chi connectivity index (χ2v) is 5.74. The van der Waals surface area contributed by atoms with Gasteiger partial charge in [0.05, 0.1) is 18.3 Å². The molecule has 1 aliphatic heterocycles. The van der Waals surface area contributed by atoms with Crippen molar-refractivity contribution in [2.24, 2.45) is 0 Å². The molecule has 1 fully saturated rings. The van der Waals surface area contributed by atoms with Crippen molar-refractivity contribution in [2.75, 3.05) is 6.61 Å².